The van der Waals surface area contributed by atoms with Crippen LogP contribution < -0.4 is 5.32 Å². The number of nitrogens with one attached hydrogen (secondary N) is 1. The van der Waals surface area contributed by atoms with E-state index in [1.807, 2.05) is 0 Å². The van der Waals surface area contributed by atoms with Crippen LogP contribution in [0.4, 0.5) is 14.5 Å². The standard InChI is InChI=1S/C18H15F2N3O4/c1-11(17(24)22-15-5-3-12(19)9-14(15)20)26-18(25)16-6-4-13(27-16)10-23-8-2-7-21-23/h2-9,11H,10H2,1H3,(H,22,24)/t11-/m0/s1. The Morgan fingerprint density at radius 2 is 2.11 bits per heavy atom. The highest BCUT2D eigenvalue weighted by atomic mass is 19.1. The summed E-state index contributed by atoms with van der Waals surface area (Å²) in [5.74, 6) is -2.91. The molecule has 0 unspecified atom stereocenters. The van der Waals surface area contributed by atoms with Gasteiger partial charge in [-0.15, -0.1) is 0 Å². The van der Waals surface area contributed by atoms with Gasteiger partial charge in [0.05, 0.1) is 12.2 Å². The third-order valence-electron chi connectivity index (χ3n) is 3.58. The van der Waals surface area contributed by atoms with Crippen molar-refractivity contribution in [3.05, 3.63) is 71.9 Å². The lowest BCUT2D eigenvalue weighted by Crippen LogP contribution is -2.30. The van der Waals surface area contributed by atoms with E-state index in [0.29, 0.717) is 18.4 Å². The third-order valence-corrected chi connectivity index (χ3v) is 3.58. The molecule has 3 aromatic rings. The molecule has 1 N–H and O–H groups in total. The van der Waals surface area contributed by atoms with Crippen LogP contribution in [-0.4, -0.2) is 27.8 Å². The van der Waals surface area contributed by atoms with Crippen LogP contribution >= 0.6 is 0 Å². The number of furan rings is 1. The van der Waals surface area contributed by atoms with E-state index >= 15 is 0 Å². The second-order valence-corrected chi connectivity index (χ2v) is 5.63. The molecule has 0 spiro atoms. The number of carbonyl (C=O) groups excluding carboxylic acids is 2. The number of benzene rings is 1. The lowest BCUT2D eigenvalue weighted by Gasteiger charge is -2.13. The molecule has 0 aliphatic heterocycles. The summed E-state index contributed by atoms with van der Waals surface area (Å²) in [4.78, 5) is 24.1. The Labute approximate surface area is 152 Å². The number of halogens is 2. The molecule has 1 atom stereocenters. The first kappa shape index (κ1) is 18.3. The lowest BCUT2D eigenvalue weighted by atomic mass is 10.2. The van der Waals surface area contributed by atoms with E-state index < -0.39 is 29.6 Å². The zero-order valence-electron chi connectivity index (χ0n) is 14.2. The second kappa shape index (κ2) is 7.81. The summed E-state index contributed by atoms with van der Waals surface area (Å²) in [7, 11) is 0. The van der Waals surface area contributed by atoms with Crippen molar-refractivity contribution in [1.29, 1.82) is 0 Å². The number of carbonyl (C=O) groups is 2. The van der Waals surface area contributed by atoms with Crippen LogP contribution in [0.25, 0.3) is 0 Å². The Bertz CT molecular complexity index is 953. The maximum atomic E-state index is 13.6. The summed E-state index contributed by atoms with van der Waals surface area (Å²) in [6.45, 7) is 1.66. The van der Waals surface area contributed by atoms with Gasteiger partial charge in [0.15, 0.2) is 6.10 Å². The van der Waals surface area contributed by atoms with Crippen LogP contribution in [0.3, 0.4) is 0 Å². The summed E-state index contributed by atoms with van der Waals surface area (Å²) in [6.07, 6.45) is 2.13. The maximum Gasteiger partial charge on any atom is 0.375 e. The molecule has 0 aliphatic carbocycles. The first-order valence-electron chi connectivity index (χ1n) is 7.95. The number of esters is 1. The van der Waals surface area contributed by atoms with Gasteiger partial charge in [-0.1, -0.05) is 0 Å². The van der Waals surface area contributed by atoms with Gasteiger partial charge in [-0.2, -0.15) is 5.10 Å². The minimum absolute atomic E-state index is 0.0789. The second-order valence-electron chi connectivity index (χ2n) is 5.63. The molecule has 9 heteroatoms. The van der Waals surface area contributed by atoms with Gasteiger partial charge in [-0.05, 0) is 37.3 Å². The molecule has 0 fully saturated rings. The molecule has 2 aromatic heterocycles. The topological polar surface area (TPSA) is 86.4 Å². The number of amides is 1. The smallest absolute Gasteiger partial charge is 0.375 e. The van der Waals surface area contributed by atoms with Crippen molar-refractivity contribution in [3.63, 3.8) is 0 Å². The Kier molecular flexibility index (Phi) is 5.30. The lowest BCUT2D eigenvalue weighted by molar-refractivity contribution is -0.123. The zero-order chi connectivity index (χ0) is 19.4. The predicted octanol–water partition coefficient (Wildman–Crippen LogP) is 2.99. The zero-order valence-corrected chi connectivity index (χ0v) is 14.2. The van der Waals surface area contributed by atoms with E-state index in [9.17, 15) is 18.4 Å². The van der Waals surface area contributed by atoms with Crippen molar-refractivity contribution in [2.45, 2.75) is 19.6 Å². The Balaban J connectivity index is 1.58. The van der Waals surface area contributed by atoms with Crippen LogP contribution in [-0.2, 0) is 16.1 Å². The third kappa shape index (κ3) is 4.57. The molecular weight excluding hydrogens is 360 g/mol. The average Bonchev–Trinajstić information content (AvgIpc) is 3.29. The molecule has 1 aromatic carbocycles. The van der Waals surface area contributed by atoms with Crippen LogP contribution in [0, 0.1) is 11.6 Å². The van der Waals surface area contributed by atoms with Gasteiger partial charge in [-0.25, -0.2) is 13.6 Å². The Hall–Kier alpha value is -3.49. The summed E-state index contributed by atoms with van der Waals surface area (Å²) in [5.41, 5.74) is -0.219. The minimum atomic E-state index is -1.22. The first-order chi connectivity index (χ1) is 12.9. The van der Waals surface area contributed by atoms with E-state index in [0.717, 1.165) is 12.1 Å². The number of hydrogen-bond acceptors (Lipinski definition) is 5. The monoisotopic (exact) mass is 375 g/mol. The molecule has 0 saturated heterocycles. The fourth-order valence-electron chi connectivity index (χ4n) is 2.22. The number of aromatic nitrogens is 2. The normalized spacial score (nSPS) is 11.8. The molecule has 2 heterocycles. The van der Waals surface area contributed by atoms with E-state index in [4.69, 9.17) is 9.15 Å². The highest BCUT2D eigenvalue weighted by Crippen LogP contribution is 2.16. The summed E-state index contributed by atoms with van der Waals surface area (Å²) in [5, 5.41) is 6.25. The molecule has 1 amide bonds. The van der Waals surface area contributed by atoms with Crippen molar-refractivity contribution in [2.24, 2.45) is 0 Å². The van der Waals surface area contributed by atoms with Gasteiger partial charge >= 0.3 is 5.97 Å². The summed E-state index contributed by atoms with van der Waals surface area (Å²) in [6, 6.07) is 7.48. The average molecular weight is 375 g/mol. The Morgan fingerprint density at radius 1 is 1.30 bits per heavy atom. The molecule has 0 saturated carbocycles. The summed E-state index contributed by atoms with van der Waals surface area (Å²) >= 11 is 0. The number of anilines is 1. The van der Waals surface area contributed by atoms with E-state index in [1.165, 1.54) is 13.0 Å². The molecule has 0 aliphatic rings. The molecule has 0 bridgehead atoms. The van der Waals surface area contributed by atoms with Crippen molar-refractivity contribution < 1.29 is 27.5 Å². The number of nitrogens with zero attached hydrogens (tertiary/aromatic N) is 2. The number of rotatable bonds is 6. The van der Waals surface area contributed by atoms with E-state index in [-0.39, 0.29) is 11.4 Å². The minimum Gasteiger partial charge on any atom is -0.452 e. The fourth-order valence-corrected chi connectivity index (χ4v) is 2.22. The number of ether oxygens (including phenoxy) is 1. The van der Waals surface area contributed by atoms with Crippen LogP contribution in [0.1, 0.15) is 23.2 Å². The molecule has 7 nitrogen and oxygen atoms in total. The van der Waals surface area contributed by atoms with Crippen molar-refractivity contribution >= 4 is 17.6 Å². The molecule has 140 valence electrons. The predicted molar refractivity (Wildman–Crippen MR) is 89.9 cm³/mol. The number of hydrogen-bond donors (Lipinski definition) is 1. The van der Waals surface area contributed by atoms with Crippen LogP contribution in [0.15, 0.2) is 53.2 Å². The summed E-state index contributed by atoms with van der Waals surface area (Å²) < 4.78 is 38.5. The highest BCUT2D eigenvalue weighted by molar-refractivity contribution is 5.96. The molecule has 3 rings (SSSR count). The van der Waals surface area contributed by atoms with Gasteiger partial charge in [0.25, 0.3) is 5.91 Å². The van der Waals surface area contributed by atoms with E-state index in [2.05, 4.69) is 10.4 Å². The molecule has 0 radical (unpaired) electrons. The van der Waals surface area contributed by atoms with Crippen molar-refractivity contribution in [2.75, 3.05) is 5.32 Å². The van der Waals surface area contributed by atoms with Gasteiger partial charge in [0.1, 0.15) is 17.4 Å². The van der Waals surface area contributed by atoms with Crippen molar-refractivity contribution in [1.82, 2.24) is 9.78 Å². The quantitative estimate of drug-likeness (QED) is 0.670. The largest absolute Gasteiger partial charge is 0.452 e. The first-order valence-corrected chi connectivity index (χ1v) is 7.95. The highest BCUT2D eigenvalue weighted by Gasteiger charge is 2.22. The van der Waals surface area contributed by atoms with E-state index in [1.54, 1.807) is 29.2 Å². The van der Waals surface area contributed by atoms with Crippen LogP contribution in [0.2, 0.25) is 0 Å². The fraction of sp³-hybridized carbons (Fsp3) is 0.167. The van der Waals surface area contributed by atoms with Gasteiger partial charge in [-0.3, -0.25) is 9.48 Å². The van der Waals surface area contributed by atoms with Gasteiger partial charge in [0, 0.05) is 18.5 Å². The van der Waals surface area contributed by atoms with Gasteiger partial charge in [0.2, 0.25) is 5.76 Å². The molecule has 27 heavy (non-hydrogen) atoms. The Morgan fingerprint density at radius 3 is 2.81 bits per heavy atom. The van der Waals surface area contributed by atoms with Gasteiger partial charge < -0.3 is 14.5 Å². The SMILES string of the molecule is C[C@H](OC(=O)c1ccc(Cn2cccn2)o1)C(=O)Nc1ccc(F)cc1F. The van der Waals surface area contributed by atoms with Crippen LogP contribution in [0.5, 0.6) is 0 Å². The maximum absolute atomic E-state index is 13.6. The molecular formula is C18H15F2N3O4. The van der Waals surface area contributed by atoms with Crippen molar-refractivity contribution in [3.8, 4) is 0 Å².